The molecule has 2 rings (SSSR count). The van der Waals surface area contributed by atoms with Crippen LogP contribution >= 0.6 is 17.2 Å². The molecule has 0 nitrogen and oxygen atoms in total. The number of hydrogen-bond donors (Lipinski definition) is 0. The first-order valence-electron chi connectivity index (χ1n) is 16.5. The molecular weight excluding hydrogens is 499 g/mol. The molecular formula is C36H60ClP. The molecule has 0 atom stereocenters. The number of halogens is 1. The van der Waals surface area contributed by atoms with E-state index in [-0.39, 0.29) is 0 Å². The number of unbranched alkanes of at least 4 members (excludes halogenated alkanes) is 18. The van der Waals surface area contributed by atoms with Crippen molar-refractivity contribution in [2.45, 2.75) is 142 Å². The molecule has 0 fully saturated rings. The second-order valence-corrected chi connectivity index (χ2v) is 19.0. The van der Waals surface area contributed by atoms with Gasteiger partial charge in [0.25, 0.3) is 0 Å². The van der Waals surface area contributed by atoms with Crippen molar-refractivity contribution >= 4 is 27.8 Å². The Hall–Kier alpha value is -0.840. The molecule has 0 aliphatic carbocycles. The van der Waals surface area contributed by atoms with Crippen molar-refractivity contribution in [3.05, 3.63) is 60.7 Å². The van der Waals surface area contributed by atoms with Crippen LogP contribution in [-0.4, -0.2) is 12.3 Å². The molecule has 216 valence electrons. The fourth-order valence-electron chi connectivity index (χ4n) is 6.17. The van der Waals surface area contributed by atoms with Crippen LogP contribution in [0.15, 0.2) is 60.7 Å². The van der Waals surface area contributed by atoms with E-state index in [2.05, 4.69) is 74.5 Å². The molecule has 0 aliphatic heterocycles. The van der Waals surface area contributed by atoms with Crippen LogP contribution < -0.4 is 10.6 Å². The van der Waals surface area contributed by atoms with Gasteiger partial charge in [-0.1, -0.05) is 0 Å². The molecule has 38 heavy (non-hydrogen) atoms. The average molecular weight is 559 g/mol. The van der Waals surface area contributed by atoms with Crippen LogP contribution in [0.2, 0.25) is 0 Å². The molecule has 0 aliphatic rings. The quantitative estimate of drug-likeness (QED) is 0.0887. The van der Waals surface area contributed by atoms with Gasteiger partial charge in [0, 0.05) is 0 Å². The molecule has 0 radical (unpaired) electrons. The molecule has 2 aromatic carbocycles. The van der Waals surface area contributed by atoms with Crippen LogP contribution in [0, 0.1) is 0 Å². The molecule has 0 aromatic heterocycles. The van der Waals surface area contributed by atoms with Gasteiger partial charge < -0.3 is 0 Å². The van der Waals surface area contributed by atoms with Crippen molar-refractivity contribution in [2.75, 3.05) is 12.3 Å². The van der Waals surface area contributed by atoms with Gasteiger partial charge >= 0.3 is 243 Å². The molecule has 0 unspecified atom stereocenters. The standard InChI is InChI=1S/C36H60ClP/c1-3-5-7-9-11-13-15-17-19-27-33-38(37,35-29-23-21-24-30-35,36-31-25-22-26-32-36)34-28-20-18-16-14-12-10-8-6-4-2/h21-26,29-32H,3-20,27-28,33-34H2,1-2H3. The summed E-state index contributed by atoms with van der Waals surface area (Å²) in [7, 11) is 0. The Morgan fingerprint density at radius 2 is 0.658 bits per heavy atom. The van der Waals surface area contributed by atoms with Crippen molar-refractivity contribution in [1.29, 1.82) is 0 Å². The van der Waals surface area contributed by atoms with Crippen LogP contribution in [0.4, 0.5) is 0 Å². The van der Waals surface area contributed by atoms with Gasteiger partial charge in [0.15, 0.2) is 0 Å². The van der Waals surface area contributed by atoms with Gasteiger partial charge in [0.2, 0.25) is 0 Å². The predicted molar refractivity (Wildman–Crippen MR) is 178 cm³/mol. The van der Waals surface area contributed by atoms with E-state index >= 15 is 0 Å². The third kappa shape index (κ3) is 11.7. The number of hydrogen-bond acceptors (Lipinski definition) is 0. The summed E-state index contributed by atoms with van der Waals surface area (Å²) >= 11 is 8.20. The first-order chi connectivity index (χ1) is 18.6. The molecule has 0 saturated heterocycles. The summed E-state index contributed by atoms with van der Waals surface area (Å²) in [6.45, 7) is 4.60. The summed E-state index contributed by atoms with van der Waals surface area (Å²) in [5.74, 6) is -2.77. The SMILES string of the molecule is CCCCCCCCCCCCP(Cl)(CCCCCCCCCCCC)(c1ccccc1)c1ccccc1. The zero-order chi connectivity index (χ0) is 27.2. The minimum absolute atomic E-state index is 1.15. The van der Waals surface area contributed by atoms with E-state index in [1.54, 1.807) is 0 Å². The molecule has 0 spiro atoms. The summed E-state index contributed by atoms with van der Waals surface area (Å²) in [5, 5.41) is 2.83. The van der Waals surface area contributed by atoms with E-state index in [1.165, 1.54) is 139 Å². The third-order valence-electron chi connectivity index (χ3n) is 8.65. The fourth-order valence-corrected chi connectivity index (χ4v) is 12.6. The van der Waals surface area contributed by atoms with Gasteiger partial charge in [-0.05, 0) is 0 Å². The maximum absolute atomic E-state index is 8.20. The zero-order valence-corrected chi connectivity index (χ0v) is 26.8. The summed E-state index contributed by atoms with van der Waals surface area (Å²) in [6.07, 6.45) is 29.8. The van der Waals surface area contributed by atoms with Crippen LogP contribution in [-0.2, 0) is 0 Å². The molecule has 2 heteroatoms. The van der Waals surface area contributed by atoms with E-state index in [0.717, 1.165) is 12.3 Å². The van der Waals surface area contributed by atoms with E-state index in [9.17, 15) is 0 Å². The van der Waals surface area contributed by atoms with Gasteiger partial charge in [0.05, 0.1) is 0 Å². The molecule has 0 saturated carbocycles. The van der Waals surface area contributed by atoms with Gasteiger partial charge in [-0.2, -0.15) is 0 Å². The van der Waals surface area contributed by atoms with Crippen LogP contribution in [0.3, 0.4) is 0 Å². The number of rotatable bonds is 24. The van der Waals surface area contributed by atoms with E-state index in [0.29, 0.717) is 0 Å². The van der Waals surface area contributed by atoms with E-state index < -0.39 is 5.96 Å². The van der Waals surface area contributed by atoms with E-state index in [1.807, 2.05) is 0 Å². The Kier molecular flexibility index (Phi) is 17.6. The number of benzene rings is 2. The fraction of sp³-hybridized carbons (Fsp3) is 0.667. The van der Waals surface area contributed by atoms with Crippen molar-refractivity contribution < 1.29 is 0 Å². The first-order valence-corrected chi connectivity index (χ1v) is 20.0. The molecule has 0 bridgehead atoms. The topological polar surface area (TPSA) is 0 Å². The third-order valence-corrected chi connectivity index (χ3v) is 16.3. The van der Waals surface area contributed by atoms with Crippen LogP contribution in [0.5, 0.6) is 0 Å². The maximum atomic E-state index is 8.20. The summed E-state index contributed by atoms with van der Waals surface area (Å²) in [4.78, 5) is 0. The van der Waals surface area contributed by atoms with Crippen molar-refractivity contribution in [2.24, 2.45) is 0 Å². The average Bonchev–Trinajstić information content (AvgIpc) is 2.96. The minimum atomic E-state index is -2.77. The summed E-state index contributed by atoms with van der Waals surface area (Å²) in [5.41, 5.74) is 0. The van der Waals surface area contributed by atoms with Gasteiger partial charge in [-0.15, -0.1) is 0 Å². The predicted octanol–water partition coefficient (Wildman–Crippen LogP) is 12.2. The Balaban J connectivity index is 1.96. The molecule has 0 heterocycles. The Labute approximate surface area is 242 Å². The zero-order valence-electron chi connectivity index (χ0n) is 25.2. The molecule has 0 N–H and O–H groups in total. The van der Waals surface area contributed by atoms with Gasteiger partial charge in [0.1, 0.15) is 0 Å². The normalized spacial score (nSPS) is 12.9. The Bertz CT molecular complexity index is 735. The van der Waals surface area contributed by atoms with Crippen molar-refractivity contribution in [3.8, 4) is 0 Å². The second-order valence-electron chi connectivity index (χ2n) is 11.9. The summed E-state index contributed by atoms with van der Waals surface area (Å²) in [6, 6.07) is 22.5. The Morgan fingerprint density at radius 3 is 0.947 bits per heavy atom. The van der Waals surface area contributed by atoms with Gasteiger partial charge in [-0.25, -0.2) is 0 Å². The van der Waals surface area contributed by atoms with Crippen LogP contribution in [0.25, 0.3) is 0 Å². The van der Waals surface area contributed by atoms with Crippen LogP contribution in [0.1, 0.15) is 142 Å². The first kappa shape index (κ1) is 33.4. The summed E-state index contributed by atoms with van der Waals surface area (Å²) < 4.78 is 0. The second kappa shape index (κ2) is 20.1. The molecule has 0 amide bonds. The van der Waals surface area contributed by atoms with Crippen molar-refractivity contribution in [3.63, 3.8) is 0 Å². The van der Waals surface area contributed by atoms with E-state index in [4.69, 9.17) is 11.2 Å². The molecule has 2 aromatic rings. The Morgan fingerprint density at radius 1 is 0.395 bits per heavy atom. The van der Waals surface area contributed by atoms with Crippen molar-refractivity contribution in [1.82, 2.24) is 0 Å². The monoisotopic (exact) mass is 558 g/mol. The van der Waals surface area contributed by atoms with Gasteiger partial charge in [-0.3, -0.25) is 0 Å².